The van der Waals surface area contributed by atoms with E-state index in [1.165, 1.54) is 5.56 Å². The van der Waals surface area contributed by atoms with Crippen LogP contribution < -0.4 is 0 Å². The molecule has 3 aromatic heterocycles. The molecule has 0 fully saturated rings. The van der Waals surface area contributed by atoms with Gasteiger partial charge in [0.1, 0.15) is 11.3 Å². The first-order valence-electron chi connectivity index (χ1n) is 6.61. The van der Waals surface area contributed by atoms with E-state index >= 15 is 0 Å². The van der Waals surface area contributed by atoms with Crippen LogP contribution in [-0.2, 0) is 18.8 Å². The molecule has 3 rings (SSSR count). The summed E-state index contributed by atoms with van der Waals surface area (Å²) in [5, 5.41) is 0. The van der Waals surface area contributed by atoms with Crippen LogP contribution >= 0.6 is 11.6 Å². The van der Waals surface area contributed by atoms with E-state index in [1.54, 1.807) is 12.4 Å². The number of aryl methyl sites for hydroxylation is 1. The Morgan fingerprint density at radius 2 is 2.15 bits per heavy atom. The largest absolute Gasteiger partial charge is 0.321 e. The van der Waals surface area contributed by atoms with Crippen molar-refractivity contribution in [2.75, 3.05) is 0 Å². The first kappa shape index (κ1) is 13.1. The maximum atomic E-state index is 6.02. The van der Waals surface area contributed by atoms with Crippen LogP contribution in [0.2, 0.25) is 0 Å². The Labute approximate surface area is 122 Å². The highest BCUT2D eigenvalue weighted by Crippen LogP contribution is 2.19. The van der Waals surface area contributed by atoms with E-state index in [0.29, 0.717) is 12.4 Å². The maximum absolute atomic E-state index is 6.02. The summed E-state index contributed by atoms with van der Waals surface area (Å²) < 4.78 is 2.12. The molecule has 0 spiro atoms. The highest BCUT2D eigenvalue weighted by molar-refractivity contribution is 6.16. The first-order valence-corrected chi connectivity index (χ1v) is 7.14. The Bertz CT molecular complexity index is 736. The van der Waals surface area contributed by atoms with Gasteiger partial charge in [0.2, 0.25) is 0 Å². The molecular weight excluding hydrogens is 272 g/mol. The van der Waals surface area contributed by atoms with E-state index in [1.807, 2.05) is 18.3 Å². The summed E-state index contributed by atoms with van der Waals surface area (Å²) in [5.74, 6) is 1.23. The summed E-state index contributed by atoms with van der Waals surface area (Å²) in [6.45, 7) is 2.82. The lowest BCUT2D eigenvalue weighted by Gasteiger charge is -2.10. The van der Waals surface area contributed by atoms with E-state index in [4.69, 9.17) is 11.6 Å². The topological polar surface area (TPSA) is 43.6 Å². The van der Waals surface area contributed by atoms with Crippen molar-refractivity contribution in [3.63, 3.8) is 0 Å². The fourth-order valence-electron chi connectivity index (χ4n) is 2.40. The van der Waals surface area contributed by atoms with Gasteiger partial charge < -0.3 is 4.57 Å². The number of aromatic nitrogens is 4. The molecule has 0 N–H and O–H groups in total. The van der Waals surface area contributed by atoms with Gasteiger partial charge in [-0.2, -0.15) is 0 Å². The van der Waals surface area contributed by atoms with Crippen LogP contribution in [0.5, 0.6) is 0 Å². The van der Waals surface area contributed by atoms with E-state index in [-0.39, 0.29) is 0 Å². The zero-order valence-electron chi connectivity index (χ0n) is 11.3. The second-order valence-corrected chi connectivity index (χ2v) is 4.84. The standard InChI is InChI=1S/C15H15ClN4/c1-2-11-4-3-6-18-13(11)10-20-14-5-7-17-9-12(14)19-15(20)8-16/h3-7,9H,2,8,10H2,1H3. The van der Waals surface area contributed by atoms with Gasteiger partial charge in [-0.3, -0.25) is 9.97 Å². The molecule has 0 atom stereocenters. The van der Waals surface area contributed by atoms with Crippen LogP contribution in [0.25, 0.3) is 11.0 Å². The van der Waals surface area contributed by atoms with E-state index < -0.39 is 0 Å². The predicted octanol–water partition coefficient (Wildman–Crippen LogP) is 3.18. The molecule has 0 aromatic carbocycles. The van der Waals surface area contributed by atoms with Crippen LogP contribution in [-0.4, -0.2) is 19.5 Å². The summed E-state index contributed by atoms with van der Waals surface area (Å²) in [4.78, 5) is 13.1. The third kappa shape index (κ3) is 2.27. The lowest BCUT2D eigenvalue weighted by atomic mass is 10.1. The number of rotatable bonds is 4. The molecule has 0 aliphatic heterocycles. The van der Waals surface area contributed by atoms with Crippen molar-refractivity contribution in [2.45, 2.75) is 25.8 Å². The Balaban J connectivity index is 2.10. The van der Waals surface area contributed by atoms with Crippen molar-refractivity contribution in [3.05, 3.63) is 53.9 Å². The van der Waals surface area contributed by atoms with Gasteiger partial charge in [-0.1, -0.05) is 13.0 Å². The number of pyridine rings is 2. The van der Waals surface area contributed by atoms with Crippen LogP contribution in [0, 0.1) is 0 Å². The molecule has 0 bridgehead atoms. The van der Waals surface area contributed by atoms with Gasteiger partial charge in [0.25, 0.3) is 0 Å². The molecule has 0 saturated carbocycles. The number of hydrogen-bond acceptors (Lipinski definition) is 3. The predicted molar refractivity (Wildman–Crippen MR) is 79.8 cm³/mol. The SMILES string of the molecule is CCc1cccnc1Cn1c(CCl)nc2cnccc21. The van der Waals surface area contributed by atoms with E-state index in [9.17, 15) is 0 Å². The number of halogens is 1. The molecule has 0 unspecified atom stereocenters. The molecule has 4 nitrogen and oxygen atoms in total. The average molecular weight is 287 g/mol. The Hall–Kier alpha value is -1.94. The molecule has 20 heavy (non-hydrogen) atoms. The number of fused-ring (bicyclic) bond motifs is 1. The molecule has 5 heteroatoms. The average Bonchev–Trinajstić information content (AvgIpc) is 2.86. The van der Waals surface area contributed by atoms with Gasteiger partial charge in [-0.05, 0) is 24.1 Å². The zero-order chi connectivity index (χ0) is 13.9. The van der Waals surface area contributed by atoms with Crippen molar-refractivity contribution < 1.29 is 0 Å². The second-order valence-electron chi connectivity index (χ2n) is 4.57. The number of imidazole rings is 1. The smallest absolute Gasteiger partial charge is 0.125 e. The van der Waals surface area contributed by atoms with E-state index in [0.717, 1.165) is 29.0 Å². The Morgan fingerprint density at radius 1 is 1.25 bits per heavy atom. The Morgan fingerprint density at radius 3 is 2.95 bits per heavy atom. The molecule has 3 aromatic rings. The Kier molecular flexibility index (Phi) is 3.65. The quantitative estimate of drug-likeness (QED) is 0.692. The van der Waals surface area contributed by atoms with Gasteiger partial charge in [0, 0.05) is 12.4 Å². The van der Waals surface area contributed by atoms with Gasteiger partial charge in [0.05, 0.1) is 29.8 Å². The van der Waals surface area contributed by atoms with E-state index in [2.05, 4.69) is 32.5 Å². The molecule has 3 heterocycles. The highest BCUT2D eigenvalue weighted by Gasteiger charge is 2.12. The molecule has 0 radical (unpaired) electrons. The van der Waals surface area contributed by atoms with Gasteiger partial charge >= 0.3 is 0 Å². The van der Waals surface area contributed by atoms with Crippen molar-refractivity contribution in [3.8, 4) is 0 Å². The van der Waals surface area contributed by atoms with Crippen LogP contribution in [0.4, 0.5) is 0 Å². The number of nitrogens with zero attached hydrogens (tertiary/aromatic N) is 4. The molecule has 0 amide bonds. The number of alkyl halides is 1. The van der Waals surface area contributed by atoms with Crippen LogP contribution in [0.15, 0.2) is 36.8 Å². The minimum Gasteiger partial charge on any atom is -0.321 e. The zero-order valence-corrected chi connectivity index (χ0v) is 12.0. The van der Waals surface area contributed by atoms with Crippen molar-refractivity contribution >= 4 is 22.6 Å². The third-order valence-electron chi connectivity index (χ3n) is 3.42. The summed E-state index contributed by atoms with van der Waals surface area (Å²) in [5.41, 5.74) is 4.24. The molecule has 0 aliphatic rings. The van der Waals surface area contributed by atoms with Crippen LogP contribution in [0.1, 0.15) is 24.0 Å². The van der Waals surface area contributed by atoms with Crippen molar-refractivity contribution in [2.24, 2.45) is 0 Å². The second kappa shape index (κ2) is 5.59. The molecule has 102 valence electrons. The fraction of sp³-hybridized carbons (Fsp3) is 0.267. The minimum absolute atomic E-state index is 0.378. The summed E-state index contributed by atoms with van der Waals surface area (Å²) in [7, 11) is 0. The van der Waals surface area contributed by atoms with Crippen molar-refractivity contribution in [1.82, 2.24) is 19.5 Å². The van der Waals surface area contributed by atoms with Gasteiger partial charge in [0.15, 0.2) is 0 Å². The summed E-state index contributed by atoms with van der Waals surface area (Å²) >= 11 is 6.02. The maximum Gasteiger partial charge on any atom is 0.125 e. The molecule has 0 saturated heterocycles. The normalized spacial score (nSPS) is 11.1. The molecular formula is C15H15ClN4. The lowest BCUT2D eigenvalue weighted by Crippen LogP contribution is -2.07. The van der Waals surface area contributed by atoms with Gasteiger partial charge in [-0.15, -0.1) is 11.6 Å². The minimum atomic E-state index is 0.378. The molecule has 0 aliphatic carbocycles. The third-order valence-corrected chi connectivity index (χ3v) is 3.66. The van der Waals surface area contributed by atoms with Crippen molar-refractivity contribution in [1.29, 1.82) is 0 Å². The number of hydrogen-bond donors (Lipinski definition) is 0. The highest BCUT2D eigenvalue weighted by atomic mass is 35.5. The lowest BCUT2D eigenvalue weighted by molar-refractivity contribution is 0.747. The first-order chi connectivity index (χ1) is 9.83. The summed E-state index contributed by atoms with van der Waals surface area (Å²) in [6.07, 6.45) is 6.34. The van der Waals surface area contributed by atoms with Gasteiger partial charge in [-0.25, -0.2) is 4.98 Å². The fourth-order valence-corrected chi connectivity index (χ4v) is 2.60. The summed E-state index contributed by atoms with van der Waals surface area (Å²) in [6, 6.07) is 6.05. The van der Waals surface area contributed by atoms with Crippen LogP contribution in [0.3, 0.4) is 0 Å². The monoisotopic (exact) mass is 286 g/mol.